The van der Waals surface area contributed by atoms with E-state index in [9.17, 15) is 0 Å². The highest BCUT2D eigenvalue weighted by molar-refractivity contribution is 9.10. The van der Waals surface area contributed by atoms with Crippen molar-refractivity contribution in [2.75, 3.05) is 0 Å². The number of hydrogen-bond acceptors (Lipinski definition) is 2. The van der Waals surface area contributed by atoms with E-state index in [-0.39, 0.29) is 0 Å². The molecule has 0 fully saturated rings. The van der Waals surface area contributed by atoms with E-state index >= 15 is 0 Å². The van der Waals surface area contributed by atoms with Gasteiger partial charge in [-0.05, 0) is 38.1 Å². The molecule has 0 atom stereocenters. The van der Waals surface area contributed by atoms with Gasteiger partial charge in [-0.3, -0.25) is 0 Å². The zero-order valence-electron chi connectivity index (χ0n) is 8.08. The van der Waals surface area contributed by atoms with Crippen LogP contribution in [0.5, 0.6) is 5.75 Å². The van der Waals surface area contributed by atoms with Gasteiger partial charge in [0.2, 0.25) is 0 Å². The molecular formula is C10H12BrNOS. The Labute approximate surface area is 97.6 Å². The van der Waals surface area contributed by atoms with Crippen LogP contribution in [0.4, 0.5) is 0 Å². The van der Waals surface area contributed by atoms with Gasteiger partial charge < -0.3 is 10.5 Å². The van der Waals surface area contributed by atoms with Crippen molar-refractivity contribution < 1.29 is 4.74 Å². The van der Waals surface area contributed by atoms with Crippen LogP contribution in [0.15, 0.2) is 28.7 Å². The Bertz CT molecular complexity index is 334. The third-order valence-electron chi connectivity index (χ3n) is 1.78. The third-order valence-corrected chi connectivity index (χ3v) is 2.80. The Hall–Kier alpha value is -0.610. The normalized spacial score (nSPS) is 11.1. The van der Waals surface area contributed by atoms with Gasteiger partial charge in [0.1, 0.15) is 10.7 Å². The molecule has 0 aliphatic heterocycles. The number of ether oxygens (including phenoxy) is 1. The molecule has 2 nitrogen and oxygen atoms in total. The molecule has 76 valence electrons. The molecule has 0 saturated heterocycles. The highest BCUT2D eigenvalue weighted by atomic mass is 79.9. The molecule has 14 heavy (non-hydrogen) atoms. The molecule has 0 unspecified atom stereocenters. The maximum absolute atomic E-state index is 5.63. The van der Waals surface area contributed by atoms with Gasteiger partial charge in [0.15, 0.2) is 5.60 Å². The first-order valence-electron chi connectivity index (χ1n) is 4.16. The predicted octanol–water partition coefficient (Wildman–Crippen LogP) is 2.89. The molecule has 1 aromatic carbocycles. The summed E-state index contributed by atoms with van der Waals surface area (Å²) in [5, 5.41) is 0. The van der Waals surface area contributed by atoms with Gasteiger partial charge in [0.05, 0.1) is 0 Å². The van der Waals surface area contributed by atoms with Crippen LogP contribution >= 0.6 is 28.1 Å². The predicted molar refractivity (Wildman–Crippen MR) is 65.6 cm³/mol. The van der Waals surface area contributed by atoms with Gasteiger partial charge in [-0.2, -0.15) is 0 Å². The molecule has 4 heteroatoms. The van der Waals surface area contributed by atoms with E-state index in [2.05, 4.69) is 15.9 Å². The molecule has 1 rings (SSSR count). The van der Waals surface area contributed by atoms with E-state index in [1.54, 1.807) is 0 Å². The van der Waals surface area contributed by atoms with Crippen molar-refractivity contribution >= 4 is 33.1 Å². The first-order chi connectivity index (χ1) is 6.42. The van der Waals surface area contributed by atoms with Crippen molar-refractivity contribution in [2.45, 2.75) is 19.4 Å². The minimum atomic E-state index is -0.608. The molecule has 0 bridgehead atoms. The van der Waals surface area contributed by atoms with E-state index in [1.165, 1.54) is 0 Å². The lowest BCUT2D eigenvalue weighted by atomic mass is 10.1. The lowest BCUT2D eigenvalue weighted by molar-refractivity contribution is 0.184. The van der Waals surface area contributed by atoms with Crippen LogP contribution < -0.4 is 10.5 Å². The van der Waals surface area contributed by atoms with Crippen molar-refractivity contribution in [2.24, 2.45) is 5.73 Å². The maximum atomic E-state index is 5.63. The molecule has 0 saturated carbocycles. The van der Waals surface area contributed by atoms with Crippen LogP contribution in [0.2, 0.25) is 0 Å². The zero-order chi connectivity index (χ0) is 10.8. The van der Waals surface area contributed by atoms with E-state index in [4.69, 9.17) is 22.7 Å². The second-order valence-electron chi connectivity index (χ2n) is 3.43. The fourth-order valence-corrected chi connectivity index (χ4v) is 1.15. The first kappa shape index (κ1) is 11.5. The molecule has 0 heterocycles. The standard InChI is InChI=1S/C10H12BrNOS/c1-10(2,9(12)14)13-8-5-3-7(11)4-6-8/h3-6H,1-2H3,(H2,12,14). The van der Waals surface area contributed by atoms with Gasteiger partial charge in [0, 0.05) is 4.47 Å². The fraction of sp³-hybridized carbons (Fsp3) is 0.300. The van der Waals surface area contributed by atoms with Crippen molar-refractivity contribution in [3.8, 4) is 5.75 Å². The Morgan fingerprint density at radius 3 is 2.29 bits per heavy atom. The number of benzene rings is 1. The van der Waals surface area contributed by atoms with E-state index in [0.29, 0.717) is 4.99 Å². The number of thiocarbonyl (C=S) groups is 1. The summed E-state index contributed by atoms with van der Waals surface area (Å²) in [6.45, 7) is 3.69. The highest BCUT2D eigenvalue weighted by Crippen LogP contribution is 2.21. The molecule has 0 aromatic heterocycles. The molecule has 2 N–H and O–H groups in total. The Balaban J connectivity index is 2.79. The van der Waals surface area contributed by atoms with E-state index in [1.807, 2.05) is 38.1 Å². The molecule has 0 radical (unpaired) electrons. The Morgan fingerprint density at radius 1 is 1.36 bits per heavy atom. The van der Waals surface area contributed by atoms with Crippen LogP contribution in [-0.4, -0.2) is 10.6 Å². The van der Waals surface area contributed by atoms with Crippen molar-refractivity contribution in [1.29, 1.82) is 0 Å². The van der Waals surface area contributed by atoms with Crippen LogP contribution in [0.25, 0.3) is 0 Å². The lowest BCUT2D eigenvalue weighted by Crippen LogP contribution is -2.41. The number of rotatable bonds is 3. The van der Waals surface area contributed by atoms with Gasteiger partial charge >= 0.3 is 0 Å². The number of hydrogen-bond donors (Lipinski definition) is 1. The number of halogens is 1. The minimum absolute atomic E-state index is 0.348. The van der Waals surface area contributed by atoms with Crippen molar-refractivity contribution in [3.05, 3.63) is 28.7 Å². The van der Waals surface area contributed by atoms with Gasteiger partial charge in [-0.1, -0.05) is 28.1 Å². The fourth-order valence-electron chi connectivity index (χ4n) is 0.848. The highest BCUT2D eigenvalue weighted by Gasteiger charge is 2.23. The summed E-state index contributed by atoms with van der Waals surface area (Å²) < 4.78 is 6.64. The summed E-state index contributed by atoms with van der Waals surface area (Å²) in [6.07, 6.45) is 0. The Morgan fingerprint density at radius 2 is 1.86 bits per heavy atom. The molecule has 0 aliphatic carbocycles. The quantitative estimate of drug-likeness (QED) is 0.861. The molecule has 0 spiro atoms. The zero-order valence-corrected chi connectivity index (χ0v) is 10.5. The van der Waals surface area contributed by atoms with Crippen molar-refractivity contribution in [1.82, 2.24) is 0 Å². The van der Waals surface area contributed by atoms with Crippen LogP contribution in [0, 0.1) is 0 Å². The topological polar surface area (TPSA) is 35.2 Å². The SMILES string of the molecule is CC(C)(Oc1ccc(Br)cc1)C(N)=S. The summed E-state index contributed by atoms with van der Waals surface area (Å²) in [4.78, 5) is 0.348. The second-order valence-corrected chi connectivity index (χ2v) is 4.79. The smallest absolute Gasteiger partial charge is 0.153 e. The molecule has 1 aromatic rings. The summed E-state index contributed by atoms with van der Waals surface area (Å²) in [6, 6.07) is 7.55. The van der Waals surface area contributed by atoms with E-state index < -0.39 is 5.60 Å². The van der Waals surface area contributed by atoms with Crippen LogP contribution in [-0.2, 0) is 0 Å². The monoisotopic (exact) mass is 273 g/mol. The first-order valence-corrected chi connectivity index (χ1v) is 5.36. The number of nitrogens with two attached hydrogens (primary N) is 1. The molecule has 0 aliphatic rings. The van der Waals surface area contributed by atoms with Gasteiger partial charge in [0.25, 0.3) is 0 Å². The average molecular weight is 274 g/mol. The van der Waals surface area contributed by atoms with Crippen molar-refractivity contribution in [3.63, 3.8) is 0 Å². The molecule has 0 amide bonds. The Kier molecular flexibility index (Phi) is 3.50. The van der Waals surface area contributed by atoms with Gasteiger partial charge in [-0.15, -0.1) is 0 Å². The summed E-state index contributed by atoms with van der Waals surface area (Å²) >= 11 is 8.25. The van der Waals surface area contributed by atoms with E-state index in [0.717, 1.165) is 10.2 Å². The third kappa shape index (κ3) is 2.96. The molecular weight excluding hydrogens is 262 g/mol. The second kappa shape index (κ2) is 4.28. The van der Waals surface area contributed by atoms with Crippen LogP contribution in [0.1, 0.15) is 13.8 Å². The summed E-state index contributed by atoms with van der Waals surface area (Å²) in [5.74, 6) is 0.756. The minimum Gasteiger partial charge on any atom is -0.481 e. The van der Waals surface area contributed by atoms with Crippen LogP contribution in [0.3, 0.4) is 0 Å². The lowest BCUT2D eigenvalue weighted by Gasteiger charge is -2.24. The van der Waals surface area contributed by atoms with Gasteiger partial charge in [-0.25, -0.2) is 0 Å². The maximum Gasteiger partial charge on any atom is 0.153 e. The largest absolute Gasteiger partial charge is 0.481 e. The summed E-state index contributed by atoms with van der Waals surface area (Å²) in [7, 11) is 0. The average Bonchev–Trinajstić information content (AvgIpc) is 2.08. The summed E-state index contributed by atoms with van der Waals surface area (Å²) in [5.41, 5.74) is 4.94.